The molecule has 106 valence electrons. The molecule has 0 aromatic carbocycles. The highest BCUT2D eigenvalue weighted by molar-refractivity contribution is 5.94. The topological polar surface area (TPSA) is 71.1 Å². The smallest absolute Gasteiger partial charge is 0.320 e. The van der Waals surface area contributed by atoms with E-state index in [-0.39, 0.29) is 26.2 Å². The Kier molecular flexibility index (Phi) is 10.3. The fourth-order valence-electron chi connectivity index (χ4n) is 1.26. The summed E-state index contributed by atoms with van der Waals surface area (Å²) >= 11 is 0. The Bertz CT molecular complexity index is 223. The monoisotopic (exact) mass is 262 g/mol. The molecule has 0 N–H and O–H groups in total. The Morgan fingerprint density at radius 3 is 1.94 bits per heavy atom. The minimum atomic E-state index is -0.910. The van der Waals surface area contributed by atoms with Gasteiger partial charge in [0.2, 0.25) is 0 Å². The fraction of sp³-hybridized carbons (Fsp3) is 0.833. The van der Waals surface area contributed by atoms with E-state index in [1.807, 2.05) is 0 Å². The number of hydrogen-bond acceptors (Lipinski definition) is 6. The van der Waals surface area contributed by atoms with Crippen molar-refractivity contribution in [3.05, 3.63) is 0 Å². The zero-order valence-electron chi connectivity index (χ0n) is 11.3. The van der Waals surface area contributed by atoms with Crippen molar-refractivity contribution in [1.82, 2.24) is 0 Å². The molecule has 0 atom stereocenters. The highest BCUT2D eigenvalue weighted by atomic mass is 16.6. The highest BCUT2D eigenvalue weighted by Gasteiger charge is 2.29. The summed E-state index contributed by atoms with van der Waals surface area (Å²) in [6, 6.07) is 0. The van der Waals surface area contributed by atoms with Gasteiger partial charge in [-0.1, -0.05) is 0 Å². The molecule has 0 aromatic rings. The van der Waals surface area contributed by atoms with Crippen molar-refractivity contribution >= 4 is 11.9 Å². The van der Waals surface area contributed by atoms with Gasteiger partial charge in [-0.05, 0) is 20.3 Å². The van der Waals surface area contributed by atoms with Crippen LogP contribution in [0.5, 0.6) is 0 Å². The van der Waals surface area contributed by atoms with Crippen LogP contribution in [0.25, 0.3) is 0 Å². The molecule has 6 nitrogen and oxygen atoms in total. The predicted octanol–water partition coefficient (Wildman–Crippen LogP) is 0.782. The van der Waals surface area contributed by atoms with Crippen LogP contribution in [0.3, 0.4) is 0 Å². The van der Waals surface area contributed by atoms with Gasteiger partial charge in [-0.25, -0.2) is 0 Å². The molecule has 0 unspecified atom stereocenters. The lowest BCUT2D eigenvalue weighted by Crippen LogP contribution is -2.29. The van der Waals surface area contributed by atoms with E-state index in [4.69, 9.17) is 18.9 Å². The summed E-state index contributed by atoms with van der Waals surface area (Å²) in [6.45, 7) is 5.03. The zero-order valence-corrected chi connectivity index (χ0v) is 11.3. The van der Waals surface area contributed by atoms with Crippen LogP contribution in [0, 0.1) is 5.92 Å². The fourth-order valence-corrected chi connectivity index (χ4v) is 1.26. The summed E-state index contributed by atoms with van der Waals surface area (Å²) in [7, 11) is 1.57. The number of esters is 2. The first-order valence-electron chi connectivity index (χ1n) is 6.07. The number of rotatable bonds is 10. The summed E-state index contributed by atoms with van der Waals surface area (Å²) in [6.07, 6.45) is 0.251. The van der Waals surface area contributed by atoms with Crippen molar-refractivity contribution in [3.8, 4) is 0 Å². The molecule has 6 heteroatoms. The van der Waals surface area contributed by atoms with Gasteiger partial charge in [0.05, 0.1) is 26.4 Å². The molecular formula is C12H22O6. The normalized spacial score (nSPS) is 10.4. The number of methoxy groups -OCH3 is 1. The molecule has 0 aliphatic heterocycles. The first-order chi connectivity index (χ1) is 8.67. The van der Waals surface area contributed by atoms with Crippen LogP contribution < -0.4 is 0 Å². The first kappa shape index (κ1) is 16.9. The summed E-state index contributed by atoms with van der Waals surface area (Å²) in [5, 5.41) is 0. The lowest BCUT2D eigenvalue weighted by Gasteiger charge is -2.14. The van der Waals surface area contributed by atoms with Gasteiger partial charge in [0, 0.05) is 13.7 Å². The molecule has 0 heterocycles. The van der Waals surface area contributed by atoms with Gasteiger partial charge < -0.3 is 18.9 Å². The second kappa shape index (κ2) is 11.0. The van der Waals surface area contributed by atoms with E-state index in [1.165, 1.54) is 0 Å². The van der Waals surface area contributed by atoms with E-state index >= 15 is 0 Å². The Labute approximate surface area is 108 Å². The van der Waals surface area contributed by atoms with Crippen LogP contribution in [0.4, 0.5) is 0 Å². The number of hydrogen-bond donors (Lipinski definition) is 0. The van der Waals surface area contributed by atoms with E-state index in [0.717, 1.165) is 0 Å². The van der Waals surface area contributed by atoms with Crippen LogP contribution in [0.1, 0.15) is 20.3 Å². The SMILES string of the molecule is CCOC(=O)C(CCOCCOC)C(=O)OCC. The number of carbonyl (C=O) groups excluding carboxylic acids is 2. The predicted molar refractivity (Wildman–Crippen MR) is 64.1 cm³/mol. The average Bonchev–Trinajstić information content (AvgIpc) is 2.34. The van der Waals surface area contributed by atoms with Gasteiger partial charge in [0.15, 0.2) is 5.92 Å². The molecule has 0 rings (SSSR count). The maximum absolute atomic E-state index is 11.6. The van der Waals surface area contributed by atoms with Crippen LogP contribution in [0.15, 0.2) is 0 Å². The Morgan fingerprint density at radius 2 is 1.50 bits per heavy atom. The largest absolute Gasteiger partial charge is 0.465 e. The number of carbonyl (C=O) groups is 2. The van der Waals surface area contributed by atoms with Gasteiger partial charge in [-0.2, -0.15) is 0 Å². The highest BCUT2D eigenvalue weighted by Crippen LogP contribution is 2.09. The van der Waals surface area contributed by atoms with Crippen LogP contribution in [-0.2, 0) is 28.5 Å². The molecule has 0 fully saturated rings. The second-order valence-electron chi connectivity index (χ2n) is 3.45. The van der Waals surface area contributed by atoms with E-state index in [2.05, 4.69) is 0 Å². The van der Waals surface area contributed by atoms with Gasteiger partial charge in [-0.15, -0.1) is 0 Å². The maximum atomic E-state index is 11.6. The molecule has 18 heavy (non-hydrogen) atoms. The van der Waals surface area contributed by atoms with Gasteiger partial charge >= 0.3 is 11.9 Å². The third-order valence-corrected chi connectivity index (χ3v) is 2.12. The van der Waals surface area contributed by atoms with Crippen molar-refractivity contribution < 1.29 is 28.5 Å². The third kappa shape index (κ3) is 7.24. The van der Waals surface area contributed by atoms with E-state index in [1.54, 1.807) is 21.0 Å². The third-order valence-electron chi connectivity index (χ3n) is 2.12. The standard InChI is InChI=1S/C12H22O6/c1-4-17-11(13)10(12(14)18-5-2)6-7-16-9-8-15-3/h10H,4-9H2,1-3H3. The molecule has 0 aliphatic rings. The molecule has 0 saturated heterocycles. The van der Waals surface area contributed by atoms with Crippen LogP contribution in [0.2, 0.25) is 0 Å². The lowest BCUT2D eigenvalue weighted by molar-refractivity contribution is -0.162. The summed E-state index contributed by atoms with van der Waals surface area (Å²) in [5.41, 5.74) is 0. The van der Waals surface area contributed by atoms with Crippen LogP contribution in [-0.4, -0.2) is 52.1 Å². The van der Waals surface area contributed by atoms with Crippen molar-refractivity contribution in [2.24, 2.45) is 5.92 Å². The zero-order chi connectivity index (χ0) is 13.8. The summed E-state index contributed by atoms with van der Waals surface area (Å²) in [4.78, 5) is 23.2. The van der Waals surface area contributed by atoms with E-state index < -0.39 is 17.9 Å². The molecule has 0 radical (unpaired) electrons. The van der Waals surface area contributed by atoms with Crippen LogP contribution >= 0.6 is 0 Å². The maximum Gasteiger partial charge on any atom is 0.320 e. The van der Waals surface area contributed by atoms with E-state index in [9.17, 15) is 9.59 Å². The molecule has 0 spiro atoms. The van der Waals surface area contributed by atoms with Crippen molar-refractivity contribution in [3.63, 3.8) is 0 Å². The van der Waals surface area contributed by atoms with Crippen molar-refractivity contribution in [2.45, 2.75) is 20.3 Å². The van der Waals surface area contributed by atoms with Gasteiger partial charge in [0.25, 0.3) is 0 Å². The first-order valence-corrected chi connectivity index (χ1v) is 6.07. The second-order valence-corrected chi connectivity index (χ2v) is 3.45. The molecule has 0 saturated carbocycles. The molecule has 0 aliphatic carbocycles. The quantitative estimate of drug-likeness (QED) is 0.329. The number of ether oxygens (including phenoxy) is 4. The summed E-state index contributed by atoms with van der Waals surface area (Å²) in [5.74, 6) is -2.04. The Hall–Kier alpha value is -1.14. The van der Waals surface area contributed by atoms with Gasteiger partial charge in [0.1, 0.15) is 0 Å². The summed E-state index contributed by atoms with van der Waals surface area (Å²) < 4.78 is 19.7. The molecular weight excluding hydrogens is 240 g/mol. The van der Waals surface area contributed by atoms with Crippen molar-refractivity contribution in [1.29, 1.82) is 0 Å². The lowest BCUT2D eigenvalue weighted by atomic mass is 10.1. The minimum absolute atomic E-state index is 0.235. The van der Waals surface area contributed by atoms with Crippen molar-refractivity contribution in [2.75, 3.05) is 40.1 Å². The van der Waals surface area contributed by atoms with Gasteiger partial charge in [-0.3, -0.25) is 9.59 Å². The Morgan fingerprint density at radius 1 is 0.944 bits per heavy atom. The molecule has 0 aromatic heterocycles. The average molecular weight is 262 g/mol. The Balaban J connectivity index is 4.12. The molecule has 0 bridgehead atoms. The minimum Gasteiger partial charge on any atom is -0.465 e. The molecule has 0 amide bonds. The van der Waals surface area contributed by atoms with E-state index in [0.29, 0.717) is 13.2 Å².